The van der Waals surface area contributed by atoms with Crippen LogP contribution < -0.4 is 10.9 Å². The molecule has 9 heteroatoms. The molecule has 0 spiro atoms. The van der Waals surface area contributed by atoms with Crippen molar-refractivity contribution >= 4 is 11.6 Å². The Morgan fingerprint density at radius 3 is 2.61 bits per heavy atom. The van der Waals surface area contributed by atoms with Crippen LogP contribution >= 0.6 is 0 Å². The maximum atomic E-state index is 13.2. The average Bonchev–Trinajstić information content (AvgIpc) is 3.43. The third kappa shape index (κ3) is 4.74. The lowest BCUT2D eigenvalue weighted by Crippen LogP contribution is -2.40. The highest BCUT2D eigenvalue weighted by Gasteiger charge is 2.29. The predicted octanol–water partition coefficient (Wildman–Crippen LogP) is 3.69. The number of nitrogens with one attached hydrogen (secondary N) is 1. The van der Waals surface area contributed by atoms with Crippen LogP contribution in [0.5, 0.6) is 0 Å². The smallest absolute Gasteiger partial charge is 0.295 e. The first kappa shape index (κ1) is 23.7. The second kappa shape index (κ2) is 9.94. The zero-order chi connectivity index (χ0) is 25.2. The van der Waals surface area contributed by atoms with Crippen molar-refractivity contribution in [3.8, 4) is 17.1 Å². The fourth-order valence-electron chi connectivity index (χ4n) is 4.68. The van der Waals surface area contributed by atoms with Gasteiger partial charge in [0.25, 0.3) is 5.56 Å². The summed E-state index contributed by atoms with van der Waals surface area (Å²) in [4.78, 5) is 33.1. The molecule has 1 N–H and O–H groups in total. The summed E-state index contributed by atoms with van der Waals surface area (Å²) in [5, 5.41) is 7.04. The third-order valence-electron chi connectivity index (χ3n) is 6.82. The van der Waals surface area contributed by atoms with Crippen molar-refractivity contribution in [3.05, 3.63) is 82.1 Å². The molecule has 1 atom stereocenters. The first-order valence-corrected chi connectivity index (χ1v) is 12.2. The van der Waals surface area contributed by atoms with Gasteiger partial charge in [0.2, 0.25) is 17.6 Å². The monoisotopic (exact) mass is 486 g/mol. The van der Waals surface area contributed by atoms with Gasteiger partial charge in [-0.3, -0.25) is 19.2 Å². The molecule has 3 heterocycles. The van der Waals surface area contributed by atoms with Crippen molar-refractivity contribution in [3.63, 3.8) is 0 Å². The largest absolute Gasteiger partial charge is 0.338 e. The molecule has 4 aromatic rings. The van der Waals surface area contributed by atoms with Gasteiger partial charge >= 0.3 is 0 Å². The molecule has 0 bridgehead atoms. The molecule has 0 aliphatic carbocycles. The Morgan fingerprint density at radius 2 is 1.86 bits per heavy atom. The van der Waals surface area contributed by atoms with E-state index in [1.165, 1.54) is 5.56 Å². The zero-order valence-corrected chi connectivity index (χ0v) is 20.8. The van der Waals surface area contributed by atoms with Gasteiger partial charge in [-0.25, -0.2) is 4.68 Å². The number of carbonyl (C=O) groups excluding carboxylic acids is 1. The quantitative estimate of drug-likeness (QED) is 0.446. The minimum absolute atomic E-state index is 0.142. The number of likely N-dealkylation sites (tertiary alicyclic amines) is 1. The fraction of sp³-hybridized carbons (Fsp3) is 0.333. The Bertz CT molecular complexity index is 1420. The van der Waals surface area contributed by atoms with Crippen LogP contribution in [0.1, 0.15) is 30.0 Å². The molecule has 1 fully saturated rings. The van der Waals surface area contributed by atoms with Crippen LogP contribution in [0.25, 0.3) is 17.1 Å². The Hall–Kier alpha value is -3.98. The molecule has 186 valence electrons. The highest BCUT2D eigenvalue weighted by atomic mass is 16.5. The Kier molecular flexibility index (Phi) is 6.56. The summed E-state index contributed by atoms with van der Waals surface area (Å²) in [6, 6.07) is 17.4. The molecule has 1 aliphatic heterocycles. The van der Waals surface area contributed by atoms with Crippen molar-refractivity contribution in [2.24, 2.45) is 13.0 Å². The van der Waals surface area contributed by atoms with Gasteiger partial charge in [0.1, 0.15) is 5.69 Å². The minimum atomic E-state index is -0.239. The van der Waals surface area contributed by atoms with Gasteiger partial charge in [-0.2, -0.15) is 4.98 Å². The Balaban J connectivity index is 1.26. The van der Waals surface area contributed by atoms with Gasteiger partial charge in [0, 0.05) is 19.2 Å². The number of para-hydroxylation sites is 1. The standard InChI is InChI=1S/C27H30N6O3/c1-18-11-13-20(14-12-18)25-28-23(36-30-25)17-32-15-7-8-21(16-32)26(34)29-24-19(2)31(3)33(27(24)35)22-9-5-4-6-10-22/h4-6,9-14,21H,7-8,15-17H2,1-3H3,(H,29,34). The highest BCUT2D eigenvalue weighted by Crippen LogP contribution is 2.22. The summed E-state index contributed by atoms with van der Waals surface area (Å²) >= 11 is 0. The van der Waals surface area contributed by atoms with Crippen LogP contribution in [-0.2, 0) is 18.4 Å². The number of carbonyl (C=O) groups is 1. The molecule has 2 aromatic carbocycles. The van der Waals surface area contributed by atoms with Crippen molar-refractivity contribution in [2.75, 3.05) is 18.4 Å². The van der Waals surface area contributed by atoms with Crippen LogP contribution in [0, 0.1) is 19.8 Å². The number of rotatable bonds is 6. The Labute approximate surface area is 209 Å². The summed E-state index contributed by atoms with van der Waals surface area (Å²) in [5.74, 6) is 0.709. The topological polar surface area (TPSA) is 98.2 Å². The second-order valence-corrected chi connectivity index (χ2v) is 9.38. The lowest BCUT2D eigenvalue weighted by Gasteiger charge is -2.30. The normalized spacial score (nSPS) is 16.2. The van der Waals surface area contributed by atoms with Gasteiger partial charge in [-0.05, 0) is 45.4 Å². The molecule has 1 amide bonds. The van der Waals surface area contributed by atoms with Gasteiger partial charge in [-0.15, -0.1) is 0 Å². The van der Waals surface area contributed by atoms with E-state index in [9.17, 15) is 9.59 Å². The van der Waals surface area contributed by atoms with Gasteiger partial charge in [0.15, 0.2) is 0 Å². The first-order valence-electron chi connectivity index (χ1n) is 12.2. The van der Waals surface area contributed by atoms with Crippen LogP contribution in [0.3, 0.4) is 0 Å². The number of nitrogens with zero attached hydrogens (tertiary/aromatic N) is 5. The lowest BCUT2D eigenvalue weighted by atomic mass is 9.97. The van der Waals surface area contributed by atoms with E-state index < -0.39 is 0 Å². The summed E-state index contributed by atoms with van der Waals surface area (Å²) < 4.78 is 8.82. The molecule has 0 saturated carbocycles. The minimum Gasteiger partial charge on any atom is -0.338 e. The van der Waals surface area contributed by atoms with Crippen LogP contribution in [0.2, 0.25) is 0 Å². The van der Waals surface area contributed by atoms with Crippen LogP contribution in [-0.4, -0.2) is 43.4 Å². The molecular weight excluding hydrogens is 456 g/mol. The number of aryl methyl sites for hydroxylation is 1. The van der Waals surface area contributed by atoms with Gasteiger partial charge in [0.05, 0.1) is 23.8 Å². The SMILES string of the molecule is Cc1ccc(-c2noc(CN3CCCC(C(=O)Nc4c(C)n(C)n(-c5ccccc5)c4=O)C3)n2)cc1. The molecular formula is C27H30N6O3. The molecule has 9 nitrogen and oxygen atoms in total. The maximum Gasteiger partial charge on any atom is 0.295 e. The number of piperidine rings is 1. The predicted molar refractivity (Wildman–Crippen MR) is 137 cm³/mol. The highest BCUT2D eigenvalue weighted by molar-refractivity contribution is 5.93. The van der Waals surface area contributed by atoms with Crippen LogP contribution in [0.4, 0.5) is 5.69 Å². The molecule has 36 heavy (non-hydrogen) atoms. The van der Waals surface area contributed by atoms with Gasteiger partial charge < -0.3 is 9.84 Å². The lowest BCUT2D eigenvalue weighted by molar-refractivity contribution is -0.121. The number of hydrogen-bond donors (Lipinski definition) is 1. The number of amides is 1. The van der Waals surface area contributed by atoms with E-state index in [2.05, 4.69) is 20.4 Å². The maximum absolute atomic E-state index is 13.2. The molecule has 0 radical (unpaired) electrons. The van der Waals surface area contributed by atoms with E-state index in [1.54, 1.807) is 9.36 Å². The summed E-state index contributed by atoms with van der Waals surface area (Å²) in [6.07, 6.45) is 1.64. The number of anilines is 1. The fourth-order valence-corrected chi connectivity index (χ4v) is 4.68. The first-order chi connectivity index (χ1) is 17.4. The molecule has 1 aliphatic rings. The number of hydrogen-bond acceptors (Lipinski definition) is 6. The van der Waals surface area contributed by atoms with E-state index in [4.69, 9.17) is 4.52 Å². The van der Waals surface area contributed by atoms with E-state index in [0.29, 0.717) is 36.2 Å². The van der Waals surface area contributed by atoms with Crippen molar-refractivity contribution in [1.82, 2.24) is 24.4 Å². The van der Waals surface area contributed by atoms with Crippen LogP contribution in [0.15, 0.2) is 63.9 Å². The second-order valence-electron chi connectivity index (χ2n) is 9.38. The van der Waals surface area contributed by atoms with Gasteiger partial charge in [-0.1, -0.05) is 53.2 Å². The third-order valence-corrected chi connectivity index (χ3v) is 6.82. The number of aromatic nitrogens is 4. The zero-order valence-electron chi connectivity index (χ0n) is 20.8. The van der Waals surface area contributed by atoms with E-state index in [1.807, 2.05) is 75.5 Å². The van der Waals surface area contributed by atoms with Crippen molar-refractivity contribution < 1.29 is 9.32 Å². The Morgan fingerprint density at radius 1 is 1.11 bits per heavy atom. The average molecular weight is 487 g/mol. The number of benzene rings is 2. The van der Waals surface area contributed by atoms with E-state index in [-0.39, 0.29) is 17.4 Å². The molecule has 5 rings (SSSR count). The molecule has 2 aromatic heterocycles. The summed E-state index contributed by atoms with van der Waals surface area (Å²) in [5.41, 5.74) is 3.62. The molecule has 1 saturated heterocycles. The van der Waals surface area contributed by atoms with E-state index >= 15 is 0 Å². The summed E-state index contributed by atoms with van der Waals surface area (Å²) in [6.45, 7) is 5.76. The molecule has 1 unspecified atom stereocenters. The van der Waals surface area contributed by atoms with Crippen molar-refractivity contribution in [2.45, 2.75) is 33.2 Å². The summed E-state index contributed by atoms with van der Waals surface area (Å²) in [7, 11) is 1.82. The van der Waals surface area contributed by atoms with E-state index in [0.717, 1.165) is 30.6 Å². The van der Waals surface area contributed by atoms with Crippen molar-refractivity contribution in [1.29, 1.82) is 0 Å².